The number of rotatable bonds is 9. The van der Waals surface area contributed by atoms with Gasteiger partial charge in [0, 0.05) is 0 Å². The van der Waals surface area contributed by atoms with Crippen LogP contribution in [0.25, 0.3) is 0 Å². The third kappa shape index (κ3) is 5.52. The molecule has 1 aliphatic carbocycles. The second-order valence-corrected chi connectivity index (χ2v) is 10.1. The normalized spacial score (nSPS) is 17.1. The van der Waals surface area contributed by atoms with Crippen LogP contribution in [0.4, 0.5) is 22.0 Å². The van der Waals surface area contributed by atoms with Crippen LogP contribution >= 0.6 is 7.75 Å². The molecule has 12 heteroatoms. The summed E-state index contributed by atoms with van der Waals surface area (Å²) in [7, 11) is -4.95. The van der Waals surface area contributed by atoms with Crippen molar-refractivity contribution < 1.29 is 45.1 Å². The Morgan fingerprint density at radius 3 is 1.88 bits per heavy atom. The van der Waals surface area contributed by atoms with Crippen molar-refractivity contribution in [3.63, 3.8) is 0 Å². The Balaban J connectivity index is 1.95. The molecule has 1 saturated carbocycles. The lowest BCUT2D eigenvalue weighted by atomic mass is 9.99. The molecule has 0 aromatic heterocycles. The number of hydrogen-bond donors (Lipinski definition) is 1. The molecule has 1 unspecified atom stereocenters. The molecular formula is C22H23F5NO5P. The third-order valence-electron chi connectivity index (χ3n) is 5.21. The summed E-state index contributed by atoms with van der Waals surface area (Å²) < 4.78 is 97.5. The van der Waals surface area contributed by atoms with Crippen molar-refractivity contribution in [2.45, 2.75) is 58.1 Å². The van der Waals surface area contributed by atoms with E-state index in [0.717, 1.165) is 18.4 Å². The van der Waals surface area contributed by atoms with Crippen LogP contribution in [0, 0.1) is 29.1 Å². The molecule has 34 heavy (non-hydrogen) atoms. The molecular weight excluding hydrogens is 484 g/mol. The zero-order valence-electron chi connectivity index (χ0n) is 18.8. The molecule has 0 heterocycles. The number of halogens is 5. The van der Waals surface area contributed by atoms with E-state index in [4.69, 9.17) is 13.8 Å². The lowest BCUT2D eigenvalue weighted by Crippen LogP contribution is -2.37. The first-order chi connectivity index (χ1) is 15.8. The van der Waals surface area contributed by atoms with Gasteiger partial charge in [-0.25, -0.2) is 17.7 Å². The number of hydrogen-bond acceptors (Lipinski definition) is 5. The molecule has 1 aliphatic rings. The molecule has 1 N–H and O–H groups in total. The number of nitrogens with one attached hydrogen (secondary N) is 1. The van der Waals surface area contributed by atoms with E-state index in [9.17, 15) is 31.3 Å². The highest BCUT2D eigenvalue weighted by molar-refractivity contribution is 7.52. The third-order valence-corrected chi connectivity index (χ3v) is 6.79. The highest BCUT2D eigenvalue weighted by Crippen LogP contribution is 2.50. The Morgan fingerprint density at radius 1 is 0.912 bits per heavy atom. The van der Waals surface area contributed by atoms with Crippen molar-refractivity contribution in [2.75, 3.05) is 0 Å². The molecule has 0 spiro atoms. The molecule has 0 amide bonds. The predicted octanol–water partition coefficient (Wildman–Crippen LogP) is 5.93. The van der Waals surface area contributed by atoms with Crippen LogP contribution in [-0.4, -0.2) is 18.1 Å². The van der Waals surface area contributed by atoms with Crippen molar-refractivity contribution in [3.8, 4) is 11.5 Å². The molecule has 0 saturated heterocycles. The van der Waals surface area contributed by atoms with E-state index >= 15 is 0 Å². The predicted molar refractivity (Wildman–Crippen MR) is 112 cm³/mol. The molecule has 1 fully saturated rings. The summed E-state index contributed by atoms with van der Waals surface area (Å²) >= 11 is 0. The van der Waals surface area contributed by atoms with Gasteiger partial charge in [-0.2, -0.15) is 13.9 Å². The second kappa shape index (κ2) is 9.54. The Bertz CT molecular complexity index is 1110. The number of carbonyl (C=O) groups excluding carboxylic acids is 1. The van der Waals surface area contributed by atoms with Gasteiger partial charge < -0.3 is 13.8 Å². The average molecular weight is 507 g/mol. The quantitative estimate of drug-likeness (QED) is 0.149. The maximum atomic E-state index is 14.2. The summed E-state index contributed by atoms with van der Waals surface area (Å²) in [6.45, 7) is 6.34. The Kier molecular flexibility index (Phi) is 7.28. The summed E-state index contributed by atoms with van der Waals surface area (Å²) in [5, 5.41) is 2.13. The fraction of sp³-hybridized carbons (Fsp3) is 0.409. The number of esters is 1. The molecule has 2 aromatic carbocycles. The molecule has 3 rings (SSSR count). The van der Waals surface area contributed by atoms with Crippen molar-refractivity contribution in [1.29, 1.82) is 0 Å². The van der Waals surface area contributed by atoms with Gasteiger partial charge in [0.15, 0.2) is 0 Å². The monoisotopic (exact) mass is 507 g/mol. The van der Waals surface area contributed by atoms with E-state index in [-0.39, 0.29) is 11.2 Å². The maximum Gasteiger partial charge on any atom is 0.513 e. The highest BCUT2D eigenvalue weighted by Gasteiger charge is 2.40. The zero-order chi connectivity index (χ0) is 25.4. The van der Waals surface area contributed by atoms with Crippen LogP contribution < -0.4 is 14.1 Å². The van der Waals surface area contributed by atoms with Gasteiger partial charge >= 0.3 is 13.7 Å². The summed E-state index contributed by atoms with van der Waals surface area (Å²) in [6, 6.07) is 4.78. The van der Waals surface area contributed by atoms with Gasteiger partial charge in [0.25, 0.3) is 0 Å². The van der Waals surface area contributed by atoms with Crippen molar-refractivity contribution in [1.82, 2.24) is 5.09 Å². The standard InChI is InChI=1S/C22H23F5NO5P/c1-11(2)31-21(29)12(3)28-34(30,32-14-7-5-13(6-8-14)22(4)9-10-22)33-20-18(26)16(24)15(23)17(25)19(20)27/h5-8,11-12H,9-10H2,1-4H3,(H,28,30)/t12-,34?/m0/s1. The van der Waals surface area contributed by atoms with Gasteiger partial charge in [-0.1, -0.05) is 19.1 Å². The van der Waals surface area contributed by atoms with E-state index in [1.165, 1.54) is 19.1 Å². The van der Waals surface area contributed by atoms with Crippen molar-refractivity contribution in [2.24, 2.45) is 0 Å². The smallest absolute Gasteiger partial charge is 0.462 e. The van der Waals surface area contributed by atoms with E-state index in [1.54, 1.807) is 26.0 Å². The van der Waals surface area contributed by atoms with Gasteiger partial charge in [-0.05, 0) is 56.7 Å². The maximum absolute atomic E-state index is 14.2. The van der Waals surface area contributed by atoms with Crippen LogP contribution in [0.15, 0.2) is 24.3 Å². The van der Waals surface area contributed by atoms with Crippen LogP contribution in [0.5, 0.6) is 11.5 Å². The molecule has 2 aromatic rings. The summed E-state index contributed by atoms with van der Waals surface area (Å²) in [5.74, 6) is -14.5. The fourth-order valence-corrected chi connectivity index (χ4v) is 4.54. The van der Waals surface area contributed by atoms with E-state index in [1.807, 2.05) is 6.92 Å². The lowest BCUT2D eigenvalue weighted by molar-refractivity contribution is -0.149. The summed E-state index contributed by atoms with van der Waals surface area (Å²) in [5.41, 5.74) is 0.971. The lowest BCUT2D eigenvalue weighted by Gasteiger charge is -2.24. The number of benzene rings is 2. The Labute approximate surface area is 193 Å². The van der Waals surface area contributed by atoms with Gasteiger partial charge in [0.1, 0.15) is 11.8 Å². The fourth-order valence-electron chi connectivity index (χ4n) is 3.01. The van der Waals surface area contributed by atoms with Crippen LogP contribution in [0.2, 0.25) is 0 Å². The largest absolute Gasteiger partial charge is 0.513 e. The van der Waals surface area contributed by atoms with Crippen molar-refractivity contribution in [3.05, 3.63) is 58.9 Å². The second-order valence-electron chi connectivity index (χ2n) is 8.50. The number of carbonyl (C=O) groups is 1. The summed E-state index contributed by atoms with van der Waals surface area (Å²) in [6.07, 6.45) is 1.41. The average Bonchev–Trinajstić information content (AvgIpc) is 3.52. The highest BCUT2D eigenvalue weighted by atomic mass is 31.2. The minimum atomic E-state index is -4.95. The van der Waals surface area contributed by atoms with Gasteiger partial charge in [-0.15, -0.1) is 0 Å². The van der Waals surface area contributed by atoms with E-state index < -0.39 is 60.7 Å². The van der Waals surface area contributed by atoms with Crippen molar-refractivity contribution >= 4 is 13.7 Å². The van der Waals surface area contributed by atoms with Gasteiger partial charge in [-0.3, -0.25) is 4.79 Å². The van der Waals surface area contributed by atoms with Gasteiger partial charge in [0.2, 0.25) is 34.8 Å². The topological polar surface area (TPSA) is 73.9 Å². The first kappa shape index (κ1) is 26.0. The van der Waals surface area contributed by atoms with E-state index in [0.29, 0.717) is 0 Å². The van der Waals surface area contributed by atoms with Crippen LogP contribution in [0.3, 0.4) is 0 Å². The first-order valence-corrected chi connectivity index (χ1v) is 11.9. The minimum absolute atomic E-state index is 0.00150. The molecule has 186 valence electrons. The Morgan fingerprint density at radius 2 is 1.41 bits per heavy atom. The molecule has 6 nitrogen and oxygen atoms in total. The first-order valence-electron chi connectivity index (χ1n) is 10.4. The SMILES string of the molecule is CC(C)OC(=O)[C@H](C)NP(=O)(Oc1ccc(C2(C)CC2)cc1)Oc1c(F)c(F)c(F)c(F)c1F. The molecule has 2 atom stereocenters. The molecule has 0 bridgehead atoms. The van der Waals surface area contributed by atoms with E-state index in [2.05, 4.69) is 5.09 Å². The Hall–Kier alpha value is -2.65. The van der Waals surface area contributed by atoms with Crippen LogP contribution in [-0.2, 0) is 19.5 Å². The minimum Gasteiger partial charge on any atom is -0.462 e. The van der Waals surface area contributed by atoms with Crippen LogP contribution in [0.1, 0.15) is 46.1 Å². The summed E-state index contributed by atoms with van der Waals surface area (Å²) in [4.78, 5) is 12.2. The zero-order valence-corrected chi connectivity index (χ0v) is 19.7. The molecule has 0 radical (unpaired) electrons. The molecule has 0 aliphatic heterocycles. The van der Waals surface area contributed by atoms with Gasteiger partial charge in [0.05, 0.1) is 6.10 Å². The number of ether oxygens (including phenoxy) is 1.